The highest BCUT2D eigenvalue weighted by Gasteiger charge is 1.94. The molecule has 50 valence electrons. The van der Waals surface area contributed by atoms with E-state index in [-0.39, 0.29) is 10.1 Å². The molecule has 0 amide bonds. The third-order valence-electron chi connectivity index (χ3n) is 0.885. The van der Waals surface area contributed by atoms with E-state index in [2.05, 4.69) is 12.2 Å². The summed E-state index contributed by atoms with van der Waals surface area (Å²) in [6, 6.07) is 0. The van der Waals surface area contributed by atoms with E-state index in [9.17, 15) is 4.79 Å². The highest BCUT2D eigenvalue weighted by atomic mass is 35.5. The van der Waals surface area contributed by atoms with Crippen molar-refractivity contribution in [3.8, 4) is 0 Å². The van der Waals surface area contributed by atoms with Crippen LogP contribution in [0.3, 0.4) is 0 Å². The SMILES string of the molecule is CC(=O)C(C)=CC(=S)Cl. The predicted molar refractivity (Wildman–Crippen MR) is 42.9 cm³/mol. The zero-order valence-corrected chi connectivity index (χ0v) is 6.84. The van der Waals surface area contributed by atoms with Crippen LogP contribution in [0.5, 0.6) is 0 Å². The number of thiocarbonyl (C=S) groups is 1. The zero-order valence-electron chi connectivity index (χ0n) is 5.27. The van der Waals surface area contributed by atoms with Crippen LogP contribution < -0.4 is 0 Å². The lowest BCUT2D eigenvalue weighted by Crippen LogP contribution is -1.92. The van der Waals surface area contributed by atoms with Crippen molar-refractivity contribution in [3.63, 3.8) is 0 Å². The van der Waals surface area contributed by atoms with Crippen LogP contribution in [0.15, 0.2) is 11.6 Å². The number of halogens is 1. The lowest BCUT2D eigenvalue weighted by atomic mass is 10.2. The van der Waals surface area contributed by atoms with Gasteiger partial charge in [0.1, 0.15) is 4.32 Å². The van der Waals surface area contributed by atoms with Gasteiger partial charge in [-0.15, -0.1) is 0 Å². The molecule has 0 radical (unpaired) electrons. The molecular weight excluding hydrogens is 156 g/mol. The quantitative estimate of drug-likeness (QED) is 0.352. The summed E-state index contributed by atoms with van der Waals surface area (Å²) in [5, 5.41) is 0. The minimum Gasteiger partial charge on any atom is -0.295 e. The molecule has 0 unspecified atom stereocenters. The van der Waals surface area contributed by atoms with Crippen LogP contribution in [0.2, 0.25) is 0 Å². The lowest BCUT2D eigenvalue weighted by molar-refractivity contribution is -0.113. The maximum Gasteiger partial charge on any atom is 0.155 e. The predicted octanol–water partition coefficient (Wildman–Crippen LogP) is 2.09. The van der Waals surface area contributed by atoms with Crippen LogP contribution in [0, 0.1) is 0 Å². The largest absolute Gasteiger partial charge is 0.295 e. The van der Waals surface area contributed by atoms with Gasteiger partial charge >= 0.3 is 0 Å². The first kappa shape index (κ1) is 8.79. The van der Waals surface area contributed by atoms with Gasteiger partial charge in [-0.05, 0) is 25.5 Å². The maximum atomic E-state index is 10.5. The first-order chi connectivity index (χ1) is 4.04. The Hall–Kier alpha value is -0.210. The van der Waals surface area contributed by atoms with Crippen LogP contribution in [-0.2, 0) is 4.79 Å². The third kappa shape index (κ3) is 4.30. The number of hydrogen-bond donors (Lipinski definition) is 0. The van der Waals surface area contributed by atoms with Crippen molar-refractivity contribution < 1.29 is 4.79 Å². The zero-order chi connectivity index (χ0) is 7.44. The van der Waals surface area contributed by atoms with E-state index < -0.39 is 0 Å². The number of allylic oxidation sites excluding steroid dienone is 2. The molecule has 3 heteroatoms. The fourth-order valence-electron chi connectivity index (χ4n) is 0.272. The first-order valence-corrected chi connectivity index (χ1v) is 3.21. The molecule has 0 aromatic heterocycles. The second-order valence-corrected chi connectivity index (χ2v) is 2.76. The monoisotopic (exact) mass is 162 g/mol. The Kier molecular flexibility index (Phi) is 3.66. The summed E-state index contributed by atoms with van der Waals surface area (Å²) in [5.41, 5.74) is 0.593. The van der Waals surface area contributed by atoms with Crippen molar-refractivity contribution >= 4 is 33.9 Å². The average Bonchev–Trinajstić information content (AvgIpc) is 1.63. The van der Waals surface area contributed by atoms with Gasteiger partial charge in [0.05, 0.1) is 0 Å². The summed E-state index contributed by atoms with van der Waals surface area (Å²) in [4.78, 5) is 10.5. The highest BCUT2D eigenvalue weighted by molar-refractivity contribution is 7.83. The van der Waals surface area contributed by atoms with Gasteiger partial charge in [0.25, 0.3) is 0 Å². The molecule has 0 aliphatic rings. The minimum atomic E-state index is -0.00185. The van der Waals surface area contributed by atoms with E-state index in [1.165, 1.54) is 13.0 Å². The van der Waals surface area contributed by atoms with Crippen molar-refractivity contribution in [2.24, 2.45) is 0 Å². The summed E-state index contributed by atoms with van der Waals surface area (Å²) in [6.07, 6.45) is 1.47. The molecule has 0 bridgehead atoms. The molecule has 0 saturated heterocycles. The highest BCUT2D eigenvalue weighted by Crippen LogP contribution is 1.97. The van der Waals surface area contributed by atoms with E-state index in [0.717, 1.165) is 0 Å². The first-order valence-electron chi connectivity index (χ1n) is 2.42. The van der Waals surface area contributed by atoms with Crippen LogP contribution in [0.25, 0.3) is 0 Å². The van der Waals surface area contributed by atoms with Crippen molar-refractivity contribution in [2.45, 2.75) is 13.8 Å². The number of carbonyl (C=O) groups is 1. The summed E-state index contributed by atoms with van der Waals surface area (Å²) < 4.78 is 0.225. The Morgan fingerprint density at radius 2 is 2.00 bits per heavy atom. The number of ketones is 1. The van der Waals surface area contributed by atoms with E-state index in [1.54, 1.807) is 6.92 Å². The topological polar surface area (TPSA) is 17.1 Å². The van der Waals surface area contributed by atoms with Crippen molar-refractivity contribution in [3.05, 3.63) is 11.6 Å². The minimum absolute atomic E-state index is 0.00185. The molecule has 0 spiro atoms. The summed E-state index contributed by atoms with van der Waals surface area (Å²) in [5.74, 6) is -0.00185. The molecule has 0 rings (SSSR count). The molecule has 0 fully saturated rings. The Bertz CT molecular complexity index is 172. The van der Waals surface area contributed by atoms with Gasteiger partial charge in [0, 0.05) is 0 Å². The van der Waals surface area contributed by atoms with E-state index in [4.69, 9.17) is 11.6 Å². The smallest absolute Gasteiger partial charge is 0.155 e. The number of hydrogen-bond acceptors (Lipinski definition) is 2. The van der Waals surface area contributed by atoms with Crippen molar-refractivity contribution in [1.82, 2.24) is 0 Å². The van der Waals surface area contributed by atoms with Crippen molar-refractivity contribution in [1.29, 1.82) is 0 Å². The number of Topliss-reactive ketones (excluding diaryl/α,β-unsaturated/α-hetero) is 1. The van der Waals surface area contributed by atoms with E-state index in [0.29, 0.717) is 5.57 Å². The van der Waals surface area contributed by atoms with E-state index >= 15 is 0 Å². The van der Waals surface area contributed by atoms with Crippen LogP contribution in [-0.4, -0.2) is 10.1 Å². The second-order valence-electron chi connectivity index (χ2n) is 1.69. The Labute approximate surface area is 64.7 Å². The molecule has 0 aliphatic carbocycles. The lowest BCUT2D eigenvalue weighted by Gasteiger charge is -1.88. The van der Waals surface area contributed by atoms with Gasteiger partial charge in [-0.3, -0.25) is 4.79 Å². The average molecular weight is 163 g/mol. The second kappa shape index (κ2) is 3.75. The molecule has 1 nitrogen and oxygen atoms in total. The molecule has 0 aromatic rings. The van der Waals surface area contributed by atoms with Gasteiger partial charge in [-0.1, -0.05) is 23.8 Å². The van der Waals surface area contributed by atoms with Gasteiger partial charge in [0.15, 0.2) is 5.78 Å². The number of rotatable bonds is 2. The Morgan fingerprint density at radius 1 is 1.56 bits per heavy atom. The number of carbonyl (C=O) groups excluding carboxylic acids is 1. The van der Waals surface area contributed by atoms with Gasteiger partial charge in [-0.2, -0.15) is 0 Å². The molecule has 0 saturated carbocycles. The normalized spacial score (nSPS) is 11.2. The van der Waals surface area contributed by atoms with Crippen molar-refractivity contribution in [2.75, 3.05) is 0 Å². The maximum absolute atomic E-state index is 10.5. The van der Waals surface area contributed by atoms with Crippen LogP contribution >= 0.6 is 23.8 Å². The van der Waals surface area contributed by atoms with Gasteiger partial charge < -0.3 is 0 Å². The Balaban J connectivity index is 4.17. The standard InChI is InChI=1S/C6H7ClOS/c1-4(5(2)8)3-6(7)9/h3H,1-2H3. The molecule has 0 heterocycles. The van der Waals surface area contributed by atoms with E-state index in [1.807, 2.05) is 0 Å². The molecule has 0 atom stereocenters. The summed E-state index contributed by atoms with van der Waals surface area (Å²) in [6.45, 7) is 3.15. The summed E-state index contributed by atoms with van der Waals surface area (Å²) >= 11 is 9.85. The van der Waals surface area contributed by atoms with Gasteiger partial charge in [0.2, 0.25) is 0 Å². The Morgan fingerprint density at radius 3 is 2.11 bits per heavy atom. The molecule has 0 N–H and O–H groups in total. The third-order valence-corrected chi connectivity index (χ3v) is 1.11. The fraction of sp³-hybridized carbons (Fsp3) is 0.333. The summed E-state index contributed by atoms with van der Waals surface area (Å²) in [7, 11) is 0. The van der Waals surface area contributed by atoms with Crippen LogP contribution in [0.1, 0.15) is 13.8 Å². The van der Waals surface area contributed by atoms with Crippen LogP contribution in [0.4, 0.5) is 0 Å². The molecular formula is C6H7ClOS. The van der Waals surface area contributed by atoms with Gasteiger partial charge in [-0.25, -0.2) is 0 Å². The fourth-order valence-corrected chi connectivity index (χ4v) is 0.612. The molecule has 0 aromatic carbocycles. The molecule has 0 aliphatic heterocycles. The molecule has 9 heavy (non-hydrogen) atoms.